The quantitative estimate of drug-likeness (QED) is 0.641. The number of nitrogens with one attached hydrogen (secondary N) is 1. The molecule has 7 heteroatoms. The van der Waals surface area contributed by atoms with Crippen molar-refractivity contribution in [2.24, 2.45) is 0 Å². The zero-order valence-electron chi connectivity index (χ0n) is 19.4. The molecule has 2 aliphatic heterocycles. The Morgan fingerprint density at radius 3 is 2.48 bits per heavy atom. The fraction of sp³-hybridized carbons (Fsp3) is 0.423. The predicted molar refractivity (Wildman–Crippen MR) is 129 cm³/mol. The third kappa shape index (κ3) is 4.32. The summed E-state index contributed by atoms with van der Waals surface area (Å²) in [6.07, 6.45) is 7.60. The summed E-state index contributed by atoms with van der Waals surface area (Å²) in [6, 6.07) is 10.3. The average Bonchev–Trinajstić information content (AvgIpc) is 3.51. The van der Waals surface area contributed by atoms with Crippen LogP contribution >= 0.6 is 0 Å². The van der Waals surface area contributed by atoms with E-state index in [1.54, 1.807) is 10.7 Å². The first-order valence-corrected chi connectivity index (χ1v) is 11.9. The van der Waals surface area contributed by atoms with Crippen LogP contribution in [0.5, 0.6) is 0 Å². The number of nitrogens with zero attached hydrogens (tertiary/aromatic N) is 4. The van der Waals surface area contributed by atoms with Crippen LogP contribution in [0.15, 0.2) is 42.7 Å². The van der Waals surface area contributed by atoms with Gasteiger partial charge < -0.3 is 15.1 Å². The number of urea groups is 1. The molecule has 1 N–H and O–H groups in total. The smallest absolute Gasteiger partial charge is 0.321 e. The van der Waals surface area contributed by atoms with Gasteiger partial charge in [0.15, 0.2) is 0 Å². The number of amides is 3. The zero-order chi connectivity index (χ0) is 22.9. The van der Waals surface area contributed by atoms with E-state index in [4.69, 9.17) is 0 Å². The number of hydrogen-bond donors (Lipinski definition) is 1. The number of pyridine rings is 1. The van der Waals surface area contributed by atoms with Crippen molar-refractivity contribution in [1.29, 1.82) is 0 Å². The summed E-state index contributed by atoms with van der Waals surface area (Å²) in [5.74, 6) is 0.446. The van der Waals surface area contributed by atoms with E-state index in [9.17, 15) is 9.59 Å². The number of aryl methyl sites for hydroxylation is 2. The van der Waals surface area contributed by atoms with Crippen LogP contribution in [0.2, 0.25) is 0 Å². The second-order valence-corrected chi connectivity index (χ2v) is 9.36. The minimum Gasteiger partial charge on any atom is -0.339 e. The minimum absolute atomic E-state index is 0.0353. The summed E-state index contributed by atoms with van der Waals surface area (Å²) in [4.78, 5) is 29.6. The summed E-state index contributed by atoms with van der Waals surface area (Å²) in [5.41, 5.74) is 5.85. The zero-order valence-corrected chi connectivity index (χ0v) is 19.4. The highest BCUT2D eigenvalue weighted by molar-refractivity contribution is 6.00. The van der Waals surface area contributed by atoms with Crippen LogP contribution in [0.3, 0.4) is 0 Å². The molecule has 0 radical (unpaired) electrons. The molecule has 0 aliphatic carbocycles. The third-order valence-corrected chi connectivity index (χ3v) is 7.06. The van der Waals surface area contributed by atoms with Crippen molar-refractivity contribution in [1.82, 2.24) is 19.4 Å². The molecule has 0 saturated carbocycles. The van der Waals surface area contributed by atoms with Gasteiger partial charge >= 0.3 is 6.03 Å². The molecule has 5 rings (SSSR count). The van der Waals surface area contributed by atoms with Crippen LogP contribution in [0.1, 0.15) is 58.6 Å². The monoisotopic (exact) mass is 445 g/mol. The lowest BCUT2D eigenvalue weighted by Crippen LogP contribution is -2.40. The Hall–Kier alpha value is -3.35. The van der Waals surface area contributed by atoms with Crippen molar-refractivity contribution in [2.45, 2.75) is 45.4 Å². The molecule has 2 aromatic heterocycles. The van der Waals surface area contributed by atoms with Crippen LogP contribution in [0.4, 0.5) is 10.5 Å². The lowest BCUT2D eigenvalue weighted by molar-refractivity contribution is 0.0794. The maximum absolute atomic E-state index is 12.9. The summed E-state index contributed by atoms with van der Waals surface area (Å²) >= 11 is 0. The first-order chi connectivity index (χ1) is 16.0. The molecule has 33 heavy (non-hydrogen) atoms. The molecular weight excluding hydrogens is 414 g/mol. The normalized spacial score (nSPS) is 17.0. The van der Waals surface area contributed by atoms with Crippen molar-refractivity contribution in [2.75, 3.05) is 31.5 Å². The number of likely N-dealkylation sites (tertiary alicyclic amines) is 2. The maximum Gasteiger partial charge on any atom is 0.321 e. The van der Waals surface area contributed by atoms with Gasteiger partial charge in [0.05, 0.1) is 17.3 Å². The van der Waals surface area contributed by atoms with Crippen LogP contribution in [0, 0.1) is 13.8 Å². The molecule has 2 fully saturated rings. The Kier molecular flexibility index (Phi) is 5.79. The lowest BCUT2D eigenvalue weighted by Gasteiger charge is -2.32. The van der Waals surface area contributed by atoms with E-state index in [1.807, 2.05) is 42.0 Å². The standard InChI is InChI=1S/C26H31N5O2/c1-18-5-6-19(2)23(15-18)28-26(33)30-12-7-20(8-13-30)21-9-14-31-24(16-21)22(17-27-31)25(32)29-10-3-4-11-29/h5-6,9,14-17,20H,3-4,7-8,10-13H2,1-2H3,(H,28,33). The Bertz CT molecular complexity index is 1190. The SMILES string of the molecule is Cc1ccc(C)c(NC(=O)N2CCC(c3ccn4ncc(C(=O)N5CCCC5)c4c3)CC2)c1. The van der Waals surface area contributed by atoms with Gasteiger partial charge in [0.2, 0.25) is 0 Å². The van der Waals surface area contributed by atoms with Gasteiger partial charge in [0, 0.05) is 38.1 Å². The minimum atomic E-state index is -0.0353. The van der Waals surface area contributed by atoms with Gasteiger partial charge in [0.25, 0.3) is 5.91 Å². The van der Waals surface area contributed by atoms with Gasteiger partial charge in [-0.2, -0.15) is 5.10 Å². The molecule has 2 aliphatic rings. The fourth-order valence-electron chi connectivity index (χ4n) is 4.99. The number of carbonyl (C=O) groups excluding carboxylic acids is 2. The number of piperidine rings is 1. The molecule has 172 valence electrons. The van der Waals surface area contributed by atoms with Crippen molar-refractivity contribution < 1.29 is 9.59 Å². The van der Waals surface area contributed by atoms with Crippen molar-refractivity contribution in [3.05, 3.63) is 65.0 Å². The van der Waals surface area contributed by atoms with Gasteiger partial charge in [-0.05, 0) is 80.3 Å². The fourth-order valence-corrected chi connectivity index (χ4v) is 4.99. The van der Waals surface area contributed by atoms with E-state index in [1.165, 1.54) is 5.56 Å². The molecule has 0 unspecified atom stereocenters. The van der Waals surface area contributed by atoms with E-state index < -0.39 is 0 Å². The Balaban J connectivity index is 1.26. The van der Waals surface area contributed by atoms with Crippen LogP contribution < -0.4 is 5.32 Å². The molecular formula is C26H31N5O2. The second kappa shape index (κ2) is 8.89. The van der Waals surface area contributed by atoms with Gasteiger partial charge in [-0.15, -0.1) is 0 Å². The van der Waals surface area contributed by atoms with Crippen molar-refractivity contribution in [3.63, 3.8) is 0 Å². The summed E-state index contributed by atoms with van der Waals surface area (Å²) < 4.78 is 1.79. The Labute approximate surface area is 194 Å². The van der Waals surface area contributed by atoms with E-state index in [0.29, 0.717) is 24.6 Å². The highest BCUT2D eigenvalue weighted by Crippen LogP contribution is 2.30. The predicted octanol–water partition coefficient (Wildman–Crippen LogP) is 4.60. The van der Waals surface area contributed by atoms with E-state index in [-0.39, 0.29) is 11.9 Å². The van der Waals surface area contributed by atoms with E-state index in [0.717, 1.165) is 61.1 Å². The molecule has 3 amide bonds. The Morgan fingerprint density at radius 2 is 1.73 bits per heavy atom. The lowest BCUT2D eigenvalue weighted by atomic mass is 9.89. The van der Waals surface area contributed by atoms with Crippen LogP contribution in [0.25, 0.3) is 5.52 Å². The molecule has 0 bridgehead atoms. The van der Waals surface area contributed by atoms with Crippen molar-refractivity contribution in [3.8, 4) is 0 Å². The molecule has 7 nitrogen and oxygen atoms in total. The van der Waals surface area contributed by atoms with Crippen LogP contribution in [-0.4, -0.2) is 57.5 Å². The molecule has 0 atom stereocenters. The number of anilines is 1. The number of hydrogen-bond acceptors (Lipinski definition) is 3. The van der Waals surface area contributed by atoms with Gasteiger partial charge in [-0.1, -0.05) is 12.1 Å². The van der Waals surface area contributed by atoms with Gasteiger partial charge in [-0.25, -0.2) is 9.31 Å². The molecule has 2 saturated heterocycles. The van der Waals surface area contributed by atoms with Gasteiger partial charge in [0.1, 0.15) is 0 Å². The number of benzene rings is 1. The van der Waals surface area contributed by atoms with Crippen molar-refractivity contribution >= 4 is 23.1 Å². The summed E-state index contributed by atoms with van der Waals surface area (Å²) in [5, 5.41) is 7.47. The molecule has 3 aromatic rings. The molecule has 4 heterocycles. The number of aromatic nitrogens is 2. The first-order valence-electron chi connectivity index (χ1n) is 11.9. The van der Waals surface area contributed by atoms with Gasteiger partial charge in [-0.3, -0.25) is 4.79 Å². The summed E-state index contributed by atoms with van der Waals surface area (Å²) in [6.45, 7) is 7.13. The van der Waals surface area contributed by atoms with Crippen LogP contribution in [-0.2, 0) is 0 Å². The molecule has 0 spiro atoms. The highest BCUT2D eigenvalue weighted by Gasteiger charge is 2.26. The third-order valence-electron chi connectivity index (χ3n) is 7.06. The largest absolute Gasteiger partial charge is 0.339 e. The van der Waals surface area contributed by atoms with E-state index in [2.05, 4.69) is 28.6 Å². The second-order valence-electron chi connectivity index (χ2n) is 9.36. The number of carbonyl (C=O) groups is 2. The van der Waals surface area contributed by atoms with E-state index >= 15 is 0 Å². The Morgan fingerprint density at radius 1 is 0.970 bits per heavy atom. The summed E-state index contributed by atoms with van der Waals surface area (Å²) in [7, 11) is 0. The number of fused-ring (bicyclic) bond motifs is 1. The molecule has 1 aromatic carbocycles. The first kappa shape index (κ1) is 21.5. The highest BCUT2D eigenvalue weighted by atomic mass is 16.2. The average molecular weight is 446 g/mol. The number of rotatable bonds is 3. The topological polar surface area (TPSA) is 70.0 Å². The maximum atomic E-state index is 12.9.